The van der Waals surface area contributed by atoms with Crippen molar-refractivity contribution in [2.45, 2.75) is 24.1 Å². The molecule has 2 heterocycles. The number of nitrogens with zero attached hydrogens (tertiary/aromatic N) is 2. The molecule has 0 bridgehead atoms. The molecule has 1 aliphatic rings. The van der Waals surface area contributed by atoms with Gasteiger partial charge in [0.2, 0.25) is 11.8 Å². The van der Waals surface area contributed by atoms with Gasteiger partial charge in [-0.2, -0.15) is 0 Å². The topological polar surface area (TPSA) is 127 Å². The van der Waals surface area contributed by atoms with Gasteiger partial charge in [0.05, 0.1) is 16.8 Å². The van der Waals surface area contributed by atoms with Crippen molar-refractivity contribution in [1.82, 2.24) is 20.2 Å². The molecule has 0 aliphatic heterocycles. The molecule has 1 atom stereocenters. The standard InChI is InChI=1S/C26H24N4O5S2/c1-37(34,35)24(25(33)27-14-22(31)28-18-9-10-18)26-29-20-11-7-16(13-21(20)36-26)17-8-12-23(32)30(15-17)19-5-3-2-4-6-19/h2-8,11-13,15,18,24H,9-10,14H2,1H3,(H,27,33)(H,28,31). The Hall–Kier alpha value is -3.83. The predicted molar refractivity (Wildman–Crippen MR) is 142 cm³/mol. The monoisotopic (exact) mass is 536 g/mol. The molecule has 1 fully saturated rings. The Morgan fingerprint density at radius 3 is 2.51 bits per heavy atom. The number of nitrogens with one attached hydrogen (secondary N) is 2. The van der Waals surface area contributed by atoms with E-state index in [-0.39, 0.29) is 29.1 Å². The van der Waals surface area contributed by atoms with Crippen LogP contribution in [0.1, 0.15) is 23.1 Å². The van der Waals surface area contributed by atoms with E-state index < -0.39 is 21.0 Å². The number of thiazole rings is 1. The number of sulfone groups is 1. The molecule has 0 spiro atoms. The highest BCUT2D eigenvalue weighted by Gasteiger charge is 2.34. The summed E-state index contributed by atoms with van der Waals surface area (Å²) in [6.45, 7) is -0.298. The first kappa shape index (κ1) is 24.8. The van der Waals surface area contributed by atoms with Crippen LogP contribution in [0.3, 0.4) is 0 Å². The lowest BCUT2D eigenvalue weighted by Gasteiger charge is -2.12. The van der Waals surface area contributed by atoms with E-state index in [0.717, 1.165) is 47.2 Å². The number of carbonyl (C=O) groups excluding carboxylic acids is 2. The minimum Gasteiger partial charge on any atom is -0.352 e. The predicted octanol–water partition coefficient (Wildman–Crippen LogP) is 2.59. The van der Waals surface area contributed by atoms with E-state index in [4.69, 9.17) is 0 Å². The zero-order valence-corrected chi connectivity index (χ0v) is 21.5. The van der Waals surface area contributed by atoms with E-state index in [1.54, 1.807) is 22.9 Å². The summed E-state index contributed by atoms with van der Waals surface area (Å²) in [4.78, 5) is 41.6. The molecule has 9 nitrogen and oxygen atoms in total. The fraction of sp³-hybridized carbons (Fsp3) is 0.231. The Labute approximate surface area is 217 Å². The highest BCUT2D eigenvalue weighted by atomic mass is 32.2. The molecular formula is C26H24N4O5S2. The Balaban J connectivity index is 1.43. The third-order valence-electron chi connectivity index (χ3n) is 5.94. The van der Waals surface area contributed by atoms with Gasteiger partial charge in [-0.15, -0.1) is 11.3 Å². The van der Waals surface area contributed by atoms with Gasteiger partial charge in [-0.1, -0.05) is 24.3 Å². The zero-order valence-electron chi connectivity index (χ0n) is 19.9. The number of para-hydroxylation sites is 1. The molecular weight excluding hydrogens is 512 g/mol. The number of hydrogen-bond donors (Lipinski definition) is 2. The van der Waals surface area contributed by atoms with Crippen molar-refractivity contribution in [3.63, 3.8) is 0 Å². The van der Waals surface area contributed by atoms with E-state index in [2.05, 4.69) is 15.6 Å². The van der Waals surface area contributed by atoms with Crippen molar-refractivity contribution in [2.75, 3.05) is 12.8 Å². The van der Waals surface area contributed by atoms with Gasteiger partial charge in [0.1, 0.15) is 5.01 Å². The first-order valence-corrected chi connectivity index (χ1v) is 14.4. The van der Waals surface area contributed by atoms with Crippen LogP contribution in [0, 0.1) is 0 Å². The van der Waals surface area contributed by atoms with Crippen LogP contribution in [0.15, 0.2) is 71.7 Å². The quantitative estimate of drug-likeness (QED) is 0.356. The fourth-order valence-corrected chi connectivity index (χ4v) is 6.49. The Morgan fingerprint density at radius 1 is 1.08 bits per heavy atom. The summed E-state index contributed by atoms with van der Waals surface area (Å²) in [7, 11) is -3.86. The largest absolute Gasteiger partial charge is 0.352 e. The maximum atomic E-state index is 12.8. The second-order valence-corrected chi connectivity index (χ2v) is 12.2. The fourth-order valence-electron chi connectivity index (χ4n) is 3.94. The molecule has 11 heteroatoms. The second kappa shape index (κ2) is 9.91. The van der Waals surface area contributed by atoms with Gasteiger partial charge >= 0.3 is 0 Å². The van der Waals surface area contributed by atoms with Crippen molar-refractivity contribution in [1.29, 1.82) is 0 Å². The average molecular weight is 537 g/mol. The summed E-state index contributed by atoms with van der Waals surface area (Å²) >= 11 is 1.11. The first-order chi connectivity index (χ1) is 17.7. The van der Waals surface area contributed by atoms with Gasteiger partial charge in [-0.05, 0) is 54.3 Å². The molecule has 2 aromatic heterocycles. The number of aromatic nitrogens is 2. The molecule has 4 aromatic rings. The number of hydrogen-bond acceptors (Lipinski definition) is 7. The minimum absolute atomic E-state index is 0.129. The lowest BCUT2D eigenvalue weighted by atomic mass is 10.1. The van der Waals surface area contributed by atoms with Gasteiger partial charge in [-0.25, -0.2) is 13.4 Å². The van der Waals surface area contributed by atoms with Crippen molar-refractivity contribution >= 4 is 43.2 Å². The van der Waals surface area contributed by atoms with Crippen LogP contribution in [0.4, 0.5) is 0 Å². The van der Waals surface area contributed by atoms with Crippen molar-refractivity contribution < 1.29 is 18.0 Å². The summed E-state index contributed by atoms with van der Waals surface area (Å²) in [6, 6.07) is 18.1. The average Bonchev–Trinajstić information content (AvgIpc) is 3.58. The number of benzene rings is 2. The van der Waals surface area contributed by atoms with E-state index >= 15 is 0 Å². The van der Waals surface area contributed by atoms with Crippen molar-refractivity contribution in [3.05, 3.63) is 82.2 Å². The normalized spacial score (nSPS) is 14.3. The van der Waals surface area contributed by atoms with Gasteiger partial charge in [0.15, 0.2) is 15.1 Å². The maximum absolute atomic E-state index is 12.8. The van der Waals surface area contributed by atoms with Crippen LogP contribution in [0.25, 0.3) is 27.0 Å². The summed E-state index contributed by atoms with van der Waals surface area (Å²) in [5.41, 5.74) is 2.73. The molecule has 2 amide bonds. The molecule has 190 valence electrons. The molecule has 0 radical (unpaired) electrons. The van der Waals surface area contributed by atoms with Crippen molar-refractivity contribution in [2.24, 2.45) is 0 Å². The first-order valence-electron chi connectivity index (χ1n) is 11.6. The summed E-state index contributed by atoms with van der Waals surface area (Å²) in [6.07, 6.45) is 4.55. The van der Waals surface area contributed by atoms with Crippen LogP contribution >= 0.6 is 11.3 Å². The molecule has 2 aromatic carbocycles. The summed E-state index contributed by atoms with van der Waals surface area (Å²) < 4.78 is 27.3. The third-order valence-corrected chi connectivity index (χ3v) is 8.47. The van der Waals surface area contributed by atoms with Crippen LogP contribution < -0.4 is 16.2 Å². The number of carbonyl (C=O) groups is 2. The maximum Gasteiger partial charge on any atom is 0.255 e. The van der Waals surface area contributed by atoms with Crippen LogP contribution in [0.2, 0.25) is 0 Å². The smallest absolute Gasteiger partial charge is 0.255 e. The van der Waals surface area contributed by atoms with Crippen LogP contribution in [0.5, 0.6) is 0 Å². The van der Waals surface area contributed by atoms with E-state index in [9.17, 15) is 22.8 Å². The van der Waals surface area contributed by atoms with E-state index in [1.165, 1.54) is 6.07 Å². The molecule has 2 N–H and O–H groups in total. The number of amides is 2. The van der Waals surface area contributed by atoms with Gasteiger partial charge in [-0.3, -0.25) is 19.0 Å². The molecule has 5 rings (SSSR count). The molecule has 37 heavy (non-hydrogen) atoms. The molecule has 1 aliphatic carbocycles. The highest BCUT2D eigenvalue weighted by molar-refractivity contribution is 7.91. The highest BCUT2D eigenvalue weighted by Crippen LogP contribution is 2.33. The SMILES string of the molecule is CS(=O)(=O)C(C(=O)NCC(=O)NC1CC1)c1nc2ccc(-c3ccc(=O)n(-c4ccccc4)c3)cc2s1. The lowest BCUT2D eigenvalue weighted by Crippen LogP contribution is -2.41. The second-order valence-electron chi connectivity index (χ2n) is 8.97. The van der Waals surface area contributed by atoms with Gasteiger partial charge < -0.3 is 10.6 Å². The lowest BCUT2D eigenvalue weighted by molar-refractivity contribution is -0.126. The molecule has 1 unspecified atom stereocenters. The summed E-state index contributed by atoms with van der Waals surface area (Å²) in [5.74, 6) is -1.14. The molecule has 0 saturated heterocycles. The molecule has 1 saturated carbocycles. The summed E-state index contributed by atoms with van der Waals surface area (Å²) in [5, 5.41) is 3.79. The number of fused-ring (bicyclic) bond motifs is 1. The van der Waals surface area contributed by atoms with Gasteiger partial charge in [0, 0.05) is 30.2 Å². The third kappa shape index (κ3) is 5.62. The van der Waals surface area contributed by atoms with Crippen LogP contribution in [-0.2, 0) is 19.4 Å². The van der Waals surface area contributed by atoms with Crippen molar-refractivity contribution in [3.8, 4) is 16.8 Å². The Bertz CT molecular complexity index is 1660. The Kier molecular flexibility index (Phi) is 6.65. The van der Waals surface area contributed by atoms with Crippen LogP contribution in [-0.4, -0.2) is 48.6 Å². The van der Waals surface area contributed by atoms with E-state index in [1.807, 2.05) is 42.5 Å². The van der Waals surface area contributed by atoms with E-state index in [0.29, 0.717) is 10.2 Å². The number of rotatable bonds is 8. The minimum atomic E-state index is -3.86. The van der Waals surface area contributed by atoms with Gasteiger partial charge in [0.25, 0.3) is 5.56 Å². The number of pyridine rings is 1. The zero-order chi connectivity index (χ0) is 26.2. The Morgan fingerprint density at radius 2 is 1.81 bits per heavy atom.